The van der Waals surface area contributed by atoms with Crippen molar-refractivity contribution in [2.45, 2.75) is 18.8 Å². The van der Waals surface area contributed by atoms with Crippen LogP contribution in [-0.4, -0.2) is 27.1 Å². The number of hydrogen-bond donors (Lipinski definition) is 2. The molecule has 1 rings (SSSR count). The van der Waals surface area contributed by atoms with Gasteiger partial charge in [0.1, 0.15) is 0 Å². The Morgan fingerprint density at radius 1 is 1.11 bits per heavy atom. The lowest BCUT2D eigenvalue weighted by Crippen LogP contribution is -2.11. The average Bonchev–Trinajstić information content (AvgIpc) is 2.27. The zero-order valence-corrected chi connectivity index (χ0v) is 9.28. The van der Waals surface area contributed by atoms with Gasteiger partial charge in [-0.1, -0.05) is 12.1 Å². The fraction of sp³-hybridized carbons (Fsp3) is 0.273. The van der Waals surface area contributed by atoms with E-state index < -0.39 is 22.8 Å². The average molecular weight is 253 g/mol. The molecule has 1 aromatic rings. The molecule has 0 aliphatic carbocycles. The van der Waals surface area contributed by atoms with Gasteiger partial charge in [0.05, 0.1) is 17.8 Å². The van der Waals surface area contributed by atoms with Crippen molar-refractivity contribution in [1.29, 1.82) is 0 Å². The van der Waals surface area contributed by atoms with Crippen molar-refractivity contribution in [2.75, 3.05) is 0 Å². The van der Waals surface area contributed by atoms with Crippen molar-refractivity contribution in [1.82, 2.24) is 0 Å². The van der Waals surface area contributed by atoms with Gasteiger partial charge in [-0.25, -0.2) is 0 Å². The van der Waals surface area contributed by atoms with Gasteiger partial charge < -0.3 is 10.2 Å². The number of nitro groups is 1. The highest BCUT2D eigenvalue weighted by Gasteiger charge is 2.19. The molecular formula is C11H11NO6. The number of aliphatic carboxylic acids is 2. The molecule has 0 atom stereocenters. The van der Waals surface area contributed by atoms with Crippen LogP contribution in [0.15, 0.2) is 24.3 Å². The highest BCUT2D eigenvalue weighted by atomic mass is 16.6. The molecule has 0 aliphatic heterocycles. The number of rotatable bonds is 6. The fourth-order valence-electron chi connectivity index (χ4n) is 1.60. The van der Waals surface area contributed by atoms with Crippen LogP contribution < -0.4 is 0 Å². The summed E-state index contributed by atoms with van der Waals surface area (Å²) in [7, 11) is 0. The largest absolute Gasteiger partial charge is 0.481 e. The molecule has 0 bridgehead atoms. The number of nitrogens with zero attached hydrogens (tertiary/aromatic N) is 1. The van der Waals surface area contributed by atoms with Crippen LogP contribution in [0.5, 0.6) is 0 Å². The Hall–Kier alpha value is -2.44. The molecule has 0 unspecified atom stereocenters. The summed E-state index contributed by atoms with van der Waals surface area (Å²) in [5.41, 5.74) is 0.341. The Morgan fingerprint density at radius 3 is 1.89 bits per heavy atom. The van der Waals surface area contributed by atoms with Crippen molar-refractivity contribution in [3.05, 3.63) is 39.9 Å². The zero-order chi connectivity index (χ0) is 13.7. The molecule has 0 amide bonds. The minimum absolute atomic E-state index is 0.122. The molecule has 2 N–H and O–H groups in total. The van der Waals surface area contributed by atoms with E-state index in [1.807, 2.05) is 0 Å². The van der Waals surface area contributed by atoms with E-state index in [-0.39, 0.29) is 18.5 Å². The van der Waals surface area contributed by atoms with E-state index in [9.17, 15) is 19.7 Å². The normalized spacial score (nSPS) is 10.3. The van der Waals surface area contributed by atoms with E-state index in [0.29, 0.717) is 5.56 Å². The van der Waals surface area contributed by atoms with E-state index in [1.165, 1.54) is 24.3 Å². The molecule has 0 radical (unpaired) electrons. The Kier molecular flexibility index (Phi) is 4.36. The molecular weight excluding hydrogens is 242 g/mol. The van der Waals surface area contributed by atoms with Gasteiger partial charge in [-0.2, -0.15) is 0 Å². The summed E-state index contributed by atoms with van der Waals surface area (Å²) in [6.07, 6.45) is -0.659. The Bertz CT molecular complexity index is 451. The second kappa shape index (κ2) is 5.76. The van der Waals surface area contributed by atoms with Gasteiger partial charge in [-0.15, -0.1) is 0 Å². The minimum Gasteiger partial charge on any atom is -0.481 e. The molecule has 0 aliphatic rings. The third kappa shape index (κ3) is 3.85. The lowest BCUT2D eigenvalue weighted by Gasteiger charge is -2.12. The van der Waals surface area contributed by atoms with E-state index in [0.717, 1.165) is 0 Å². The molecule has 7 heteroatoms. The third-order valence-corrected chi connectivity index (χ3v) is 2.42. The van der Waals surface area contributed by atoms with E-state index in [4.69, 9.17) is 10.2 Å². The standard InChI is InChI=1S/C11H11NO6/c13-10(14)5-8(6-11(15)16)7-1-3-9(4-2-7)12(17)18/h1-4,8H,5-6H2,(H,13,14)(H,15,16). The molecule has 7 nitrogen and oxygen atoms in total. The first-order chi connectivity index (χ1) is 8.40. The molecule has 1 aromatic carbocycles. The molecule has 96 valence electrons. The monoisotopic (exact) mass is 253 g/mol. The molecule has 0 aromatic heterocycles. The van der Waals surface area contributed by atoms with Gasteiger partial charge in [0, 0.05) is 18.1 Å². The molecule has 0 heterocycles. The van der Waals surface area contributed by atoms with Gasteiger partial charge >= 0.3 is 11.9 Å². The first kappa shape index (κ1) is 13.6. The Morgan fingerprint density at radius 2 is 1.56 bits per heavy atom. The smallest absolute Gasteiger partial charge is 0.303 e. The zero-order valence-electron chi connectivity index (χ0n) is 9.28. The summed E-state index contributed by atoms with van der Waals surface area (Å²) in [5.74, 6) is -2.92. The first-order valence-corrected chi connectivity index (χ1v) is 5.08. The van der Waals surface area contributed by atoms with Gasteiger partial charge in [0.2, 0.25) is 0 Å². The van der Waals surface area contributed by atoms with Gasteiger partial charge in [0.15, 0.2) is 0 Å². The predicted molar refractivity (Wildman–Crippen MR) is 60.3 cm³/mol. The number of nitro benzene ring substituents is 1. The number of carboxylic acid groups (broad SMARTS) is 2. The number of benzene rings is 1. The fourth-order valence-corrected chi connectivity index (χ4v) is 1.60. The second-order valence-corrected chi connectivity index (χ2v) is 3.74. The summed E-state index contributed by atoms with van der Waals surface area (Å²) >= 11 is 0. The topological polar surface area (TPSA) is 118 Å². The summed E-state index contributed by atoms with van der Waals surface area (Å²) in [5, 5.41) is 27.9. The molecule has 0 saturated heterocycles. The second-order valence-electron chi connectivity index (χ2n) is 3.74. The highest BCUT2D eigenvalue weighted by molar-refractivity contribution is 5.72. The van der Waals surface area contributed by atoms with Crippen LogP contribution in [0.3, 0.4) is 0 Å². The quantitative estimate of drug-likeness (QED) is 0.587. The minimum atomic E-state index is -1.11. The number of non-ortho nitro benzene ring substituents is 1. The van der Waals surface area contributed by atoms with Crippen LogP contribution in [0, 0.1) is 10.1 Å². The maximum atomic E-state index is 10.6. The number of hydrogen-bond acceptors (Lipinski definition) is 4. The van der Waals surface area contributed by atoms with Gasteiger partial charge in [-0.05, 0) is 5.56 Å². The number of carboxylic acids is 2. The van der Waals surface area contributed by atoms with Crippen molar-refractivity contribution in [2.24, 2.45) is 0 Å². The maximum Gasteiger partial charge on any atom is 0.303 e. The third-order valence-electron chi connectivity index (χ3n) is 2.42. The summed E-state index contributed by atoms with van der Waals surface area (Å²) in [4.78, 5) is 31.2. The highest BCUT2D eigenvalue weighted by Crippen LogP contribution is 2.25. The molecule has 0 spiro atoms. The van der Waals surface area contributed by atoms with Crippen LogP contribution >= 0.6 is 0 Å². The van der Waals surface area contributed by atoms with Gasteiger partial charge in [0.25, 0.3) is 5.69 Å². The van der Waals surface area contributed by atoms with Crippen LogP contribution in [-0.2, 0) is 9.59 Å². The van der Waals surface area contributed by atoms with Crippen LogP contribution in [0.4, 0.5) is 5.69 Å². The van der Waals surface area contributed by atoms with Crippen LogP contribution in [0.25, 0.3) is 0 Å². The summed E-state index contributed by atoms with van der Waals surface area (Å²) < 4.78 is 0. The van der Waals surface area contributed by atoms with Crippen LogP contribution in [0.1, 0.15) is 24.3 Å². The molecule has 0 fully saturated rings. The first-order valence-electron chi connectivity index (χ1n) is 5.08. The van der Waals surface area contributed by atoms with Crippen molar-refractivity contribution in [3.8, 4) is 0 Å². The van der Waals surface area contributed by atoms with E-state index in [1.54, 1.807) is 0 Å². The van der Waals surface area contributed by atoms with E-state index in [2.05, 4.69) is 0 Å². The maximum absolute atomic E-state index is 10.6. The van der Waals surface area contributed by atoms with Crippen LogP contribution in [0.2, 0.25) is 0 Å². The Labute approximate surface area is 102 Å². The number of carbonyl (C=O) groups is 2. The van der Waals surface area contributed by atoms with E-state index >= 15 is 0 Å². The van der Waals surface area contributed by atoms with Crippen molar-refractivity contribution >= 4 is 17.6 Å². The molecule has 0 saturated carbocycles. The Balaban J connectivity index is 2.93. The molecule has 18 heavy (non-hydrogen) atoms. The van der Waals surface area contributed by atoms with Gasteiger partial charge in [-0.3, -0.25) is 19.7 Å². The summed E-state index contributed by atoms with van der Waals surface area (Å²) in [6.45, 7) is 0. The predicted octanol–water partition coefficient (Wildman–Crippen LogP) is 1.63. The SMILES string of the molecule is O=C(O)CC(CC(=O)O)c1ccc([N+](=O)[O-])cc1. The lowest BCUT2D eigenvalue weighted by atomic mass is 9.92. The van der Waals surface area contributed by atoms with Crippen molar-refractivity contribution in [3.63, 3.8) is 0 Å². The van der Waals surface area contributed by atoms with Crippen molar-refractivity contribution < 1.29 is 24.7 Å². The summed E-state index contributed by atoms with van der Waals surface area (Å²) in [6, 6.07) is 5.22. The lowest BCUT2D eigenvalue weighted by molar-refractivity contribution is -0.384.